The summed E-state index contributed by atoms with van der Waals surface area (Å²) in [4.78, 5) is 27.2. The van der Waals surface area contributed by atoms with Gasteiger partial charge < -0.3 is 24.6 Å². The lowest BCUT2D eigenvalue weighted by Crippen LogP contribution is -2.30. The summed E-state index contributed by atoms with van der Waals surface area (Å²) in [6, 6.07) is 10.5. The lowest BCUT2D eigenvalue weighted by Gasteiger charge is -2.25. The van der Waals surface area contributed by atoms with Gasteiger partial charge in [-0.05, 0) is 42.3 Å². The number of likely N-dealkylation sites (tertiary alicyclic amines) is 1. The molecular formula is C23H23NO6. The third kappa shape index (κ3) is 3.47. The van der Waals surface area contributed by atoms with Crippen molar-refractivity contribution in [3.8, 4) is 17.2 Å². The van der Waals surface area contributed by atoms with Gasteiger partial charge in [-0.25, -0.2) is 0 Å². The Bertz CT molecular complexity index is 1030. The summed E-state index contributed by atoms with van der Waals surface area (Å²) in [5.74, 6) is -0.634. The van der Waals surface area contributed by atoms with Crippen LogP contribution in [0.5, 0.6) is 17.2 Å². The van der Waals surface area contributed by atoms with E-state index in [9.17, 15) is 19.8 Å². The number of phenolic OH excluding ortho intramolecular Hbond substituents is 1. The van der Waals surface area contributed by atoms with Gasteiger partial charge in [0.1, 0.15) is 11.5 Å². The third-order valence-electron chi connectivity index (χ3n) is 5.37. The van der Waals surface area contributed by atoms with Gasteiger partial charge in [-0.3, -0.25) is 9.59 Å². The number of hydrogen-bond acceptors (Lipinski definition) is 6. The zero-order valence-electron chi connectivity index (χ0n) is 16.6. The first-order chi connectivity index (χ1) is 14.5. The van der Waals surface area contributed by atoms with Gasteiger partial charge in [0.25, 0.3) is 11.7 Å². The van der Waals surface area contributed by atoms with Gasteiger partial charge in [0.2, 0.25) is 6.79 Å². The van der Waals surface area contributed by atoms with Crippen LogP contribution in [0.15, 0.2) is 48.0 Å². The van der Waals surface area contributed by atoms with Crippen LogP contribution in [-0.2, 0) is 9.59 Å². The van der Waals surface area contributed by atoms with Crippen LogP contribution in [0.4, 0.5) is 0 Å². The number of ketones is 1. The number of hydrogen-bond donors (Lipinski definition) is 2. The molecule has 2 aliphatic heterocycles. The molecule has 7 nitrogen and oxygen atoms in total. The highest BCUT2D eigenvalue weighted by Crippen LogP contribution is 2.42. The maximum Gasteiger partial charge on any atom is 0.295 e. The van der Waals surface area contributed by atoms with E-state index in [2.05, 4.69) is 6.92 Å². The highest BCUT2D eigenvalue weighted by Gasteiger charge is 2.45. The van der Waals surface area contributed by atoms with Crippen molar-refractivity contribution >= 4 is 17.4 Å². The number of carbonyl (C=O) groups excluding carboxylic acids is 2. The van der Waals surface area contributed by atoms with Gasteiger partial charge in [0, 0.05) is 12.1 Å². The normalized spacial score (nSPS) is 19.5. The average molecular weight is 409 g/mol. The number of unbranched alkanes of at least 4 members (excludes halogenated alkanes) is 2. The fourth-order valence-corrected chi connectivity index (χ4v) is 3.88. The van der Waals surface area contributed by atoms with Crippen molar-refractivity contribution in [1.82, 2.24) is 4.90 Å². The number of rotatable bonds is 6. The van der Waals surface area contributed by atoms with Crippen LogP contribution in [0.25, 0.3) is 5.76 Å². The minimum atomic E-state index is -0.778. The van der Waals surface area contributed by atoms with Crippen LogP contribution < -0.4 is 9.47 Å². The summed E-state index contributed by atoms with van der Waals surface area (Å²) < 4.78 is 10.7. The van der Waals surface area contributed by atoms with Crippen LogP contribution in [-0.4, -0.2) is 40.1 Å². The number of carbonyl (C=O) groups is 2. The maximum atomic E-state index is 12.9. The van der Waals surface area contributed by atoms with Crippen LogP contribution in [0.2, 0.25) is 0 Å². The first-order valence-electron chi connectivity index (χ1n) is 9.98. The van der Waals surface area contributed by atoms with E-state index in [0.717, 1.165) is 19.3 Å². The SMILES string of the molecule is CCCCCN1C(=O)C(=O)/C(=C(\O)c2ccc3c(c2)OCO3)C1c1cccc(O)c1. The molecule has 2 heterocycles. The summed E-state index contributed by atoms with van der Waals surface area (Å²) in [6.07, 6.45) is 2.62. The Balaban J connectivity index is 1.81. The van der Waals surface area contributed by atoms with E-state index >= 15 is 0 Å². The van der Waals surface area contributed by atoms with Crippen LogP contribution in [0.1, 0.15) is 43.4 Å². The Hall–Kier alpha value is -3.48. The lowest BCUT2D eigenvalue weighted by molar-refractivity contribution is -0.139. The number of aliphatic hydroxyl groups is 1. The monoisotopic (exact) mass is 409 g/mol. The van der Waals surface area contributed by atoms with Crippen molar-refractivity contribution in [3.05, 3.63) is 59.2 Å². The zero-order valence-corrected chi connectivity index (χ0v) is 16.6. The van der Waals surface area contributed by atoms with Crippen molar-refractivity contribution in [3.63, 3.8) is 0 Å². The fraction of sp³-hybridized carbons (Fsp3) is 0.304. The largest absolute Gasteiger partial charge is 0.508 e. The van der Waals surface area contributed by atoms with Gasteiger partial charge >= 0.3 is 0 Å². The van der Waals surface area contributed by atoms with Gasteiger partial charge in [-0.15, -0.1) is 0 Å². The lowest BCUT2D eigenvalue weighted by atomic mass is 9.95. The summed E-state index contributed by atoms with van der Waals surface area (Å²) in [7, 11) is 0. The minimum Gasteiger partial charge on any atom is -0.508 e. The number of ether oxygens (including phenoxy) is 2. The van der Waals surface area contributed by atoms with E-state index in [1.165, 1.54) is 17.0 Å². The molecule has 1 saturated heterocycles. The standard InChI is InChI=1S/C23H23NO6/c1-2-3-4-10-24-20(14-6-5-7-16(25)11-14)19(22(27)23(24)28)21(26)15-8-9-17-18(12-15)30-13-29-17/h5-9,11-12,20,25-26H,2-4,10,13H2,1H3/b21-19-. The number of fused-ring (bicyclic) bond motifs is 1. The van der Waals surface area contributed by atoms with Crippen LogP contribution in [0.3, 0.4) is 0 Å². The molecule has 0 radical (unpaired) electrons. The molecule has 2 aliphatic rings. The number of aliphatic hydroxyl groups excluding tert-OH is 1. The van der Waals surface area contributed by atoms with E-state index in [4.69, 9.17) is 9.47 Å². The number of nitrogens with zero attached hydrogens (tertiary/aromatic N) is 1. The molecule has 30 heavy (non-hydrogen) atoms. The third-order valence-corrected chi connectivity index (χ3v) is 5.37. The second-order valence-electron chi connectivity index (χ2n) is 7.36. The number of amides is 1. The second-order valence-corrected chi connectivity index (χ2v) is 7.36. The Morgan fingerprint density at radius 1 is 1.10 bits per heavy atom. The Morgan fingerprint density at radius 2 is 1.90 bits per heavy atom. The average Bonchev–Trinajstić information content (AvgIpc) is 3.31. The zero-order chi connectivity index (χ0) is 21.3. The minimum absolute atomic E-state index is 0.000892. The number of aromatic hydroxyl groups is 1. The molecule has 0 spiro atoms. The molecule has 1 atom stereocenters. The van der Waals surface area contributed by atoms with Gasteiger partial charge in [-0.2, -0.15) is 0 Å². The molecule has 2 aromatic carbocycles. The van der Waals surface area contributed by atoms with Crippen LogP contribution >= 0.6 is 0 Å². The molecule has 0 aromatic heterocycles. The molecule has 0 bridgehead atoms. The molecular weight excluding hydrogens is 386 g/mol. The van der Waals surface area contributed by atoms with Gasteiger partial charge in [-0.1, -0.05) is 31.9 Å². The van der Waals surface area contributed by atoms with Crippen molar-refractivity contribution in [2.75, 3.05) is 13.3 Å². The van der Waals surface area contributed by atoms with E-state index in [1.54, 1.807) is 30.3 Å². The van der Waals surface area contributed by atoms with Crippen molar-refractivity contribution in [2.24, 2.45) is 0 Å². The molecule has 4 rings (SSSR count). The summed E-state index contributed by atoms with van der Waals surface area (Å²) >= 11 is 0. The van der Waals surface area contributed by atoms with Crippen molar-refractivity contribution < 1.29 is 29.3 Å². The molecule has 0 saturated carbocycles. The molecule has 1 fully saturated rings. The Morgan fingerprint density at radius 3 is 2.67 bits per heavy atom. The highest BCUT2D eigenvalue weighted by atomic mass is 16.7. The highest BCUT2D eigenvalue weighted by molar-refractivity contribution is 6.46. The summed E-state index contributed by atoms with van der Waals surface area (Å²) in [5, 5.41) is 21.0. The second kappa shape index (κ2) is 8.10. The van der Waals surface area contributed by atoms with E-state index < -0.39 is 17.7 Å². The summed E-state index contributed by atoms with van der Waals surface area (Å²) in [6.45, 7) is 2.53. The number of benzene rings is 2. The predicted molar refractivity (Wildman–Crippen MR) is 109 cm³/mol. The number of Topliss-reactive ketones (excluding diaryl/α,β-unsaturated/α-hetero) is 1. The number of phenols is 1. The van der Waals surface area contributed by atoms with E-state index in [-0.39, 0.29) is 23.9 Å². The van der Waals surface area contributed by atoms with Crippen molar-refractivity contribution in [2.45, 2.75) is 32.2 Å². The predicted octanol–water partition coefficient (Wildman–Crippen LogP) is 3.73. The molecule has 0 aliphatic carbocycles. The maximum absolute atomic E-state index is 12.9. The molecule has 2 N–H and O–H groups in total. The molecule has 1 unspecified atom stereocenters. The van der Waals surface area contributed by atoms with E-state index in [1.807, 2.05) is 0 Å². The molecule has 2 aromatic rings. The molecule has 156 valence electrons. The van der Waals surface area contributed by atoms with E-state index in [0.29, 0.717) is 29.2 Å². The first kappa shape index (κ1) is 19.8. The van der Waals surface area contributed by atoms with Gasteiger partial charge in [0.15, 0.2) is 11.5 Å². The molecule has 1 amide bonds. The molecule has 7 heteroatoms. The first-order valence-corrected chi connectivity index (χ1v) is 9.98. The fourth-order valence-electron chi connectivity index (χ4n) is 3.88. The van der Waals surface area contributed by atoms with Crippen molar-refractivity contribution in [1.29, 1.82) is 0 Å². The summed E-state index contributed by atoms with van der Waals surface area (Å²) in [5.41, 5.74) is 0.921. The van der Waals surface area contributed by atoms with Gasteiger partial charge in [0.05, 0.1) is 11.6 Å². The topological polar surface area (TPSA) is 96.3 Å². The Kier molecular flexibility index (Phi) is 5.35. The quantitative estimate of drug-likeness (QED) is 0.327. The Labute approximate surface area is 174 Å². The van der Waals surface area contributed by atoms with Crippen LogP contribution in [0, 0.1) is 0 Å². The smallest absolute Gasteiger partial charge is 0.295 e.